The lowest BCUT2D eigenvalue weighted by atomic mass is 9.93. The molecule has 0 saturated carbocycles. The number of carbonyl (C=O) groups is 2. The van der Waals surface area contributed by atoms with Gasteiger partial charge >= 0.3 is 0 Å². The van der Waals surface area contributed by atoms with Crippen LogP contribution in [0.2, 0.25) is 0 Å². The van der Waals surface area contributed by atoms with Crippen molar-refractivity contribution >= 4 is 23.6 Å². The van der Waals surface area contributed by atoms with Gasteiger partial charge < -0.3 is 0 Å². The number of thioether (sulfide) groups is 1. The Hall–Kier alpha value is -1.49. The molecule has 4 nitrogen and oxygen atoms in total. The number of amides is 2. The molecule has 2 rings (SSSR count). The van der Waals surface area contributed by atoms with Gasteiger partial charge in [-0.3, -0.25) is 15.0 Å². The summed E-state index contributed by atoms with van der Waals surface area (Å²) in [5.74, 6) is -0.142. The third-order valence-corrected chi connectivity index (χ3v) is 5.38. The molecule has 1 aliphatic rings. The molecule has 1 saturated heterocycles. The summed E-state index contributed by atoms with van der Waals surface area (Å²) >= 11 is 1.65. The summed E-state index contributed by atoms with van der Waals surface area (Å²) < 4.78 is 0. The van der Waals surface area contributed by atoms with Gasteiger partial charge in [0.2, 0.25) is 11.8 Å². The van der Waals surface area contributed by atoms with Gasteiger partial charge in [-0.2, -0.15) is 0 Å². The lowest BCUT2D eigenvalue weighted by Crippen LogP contribution is -2.65. The van der Waals surface area contributed by atoms with Gasteiger partial charge in [0.05, 0.1) is 5.92 Å². The minimum Gasteiger partial charge on any atom is -0.274 e. The fourth-order valence-corrected chi connectivity index (χ4v) is 4.09. The van der Waals surface area contributed by atoms with Crippen molar-refractivity contribution in [1.82, 2.24) is 10.4 Å². The Morgan fingerprint density at radius 2 is 1.87 bits per heavy atom. The standard InChI is InChI=1S/C18H26N2O2S/c1-3-4-5-6-10-13-16-17(22)20(19-14(2)21)18(16)23-15-11-8-7-9-12-15/h7-9,11-12,16,18H,3-6,10,13H2,1-2H3,(H,19,21). The molecule has 23 heavy (non-hydrogen) atoms. The summed E-state index contributed by atoms with van der Waals surface area (Å²) in [6.07, 6.45) is 6.90. The first-order valence-electron chi connectivity index (χ1n) is 8.45. The molecule has 1 N–H and O–H groups in total. The van der Waals surface area contributed by atoms with Gasteiger partial charge in [0.1, 0.15) is 5.37 Å². The highest BCUT2D eigenvalue weighted by Gasteiger charge is 2.48. The van der Waals surface area contributed by atoms with Crippen LogP contribution in [0.1, 0.15) is 52.4 Å². The van der Waals surface area contributed by atoms with Crippen molar-refractivity contribution < 1.29 is 9.59 Å². The predicted octanol–water partition coefficient (Wildman–Crippen LogP) is 3.97. The largest absolute Gasteiger partial charge is 0.274 e. The van der Waals surface area contributed by atoms with E-state index in [2.05, 4.69) is 12.3 Å². The molecule has 2 unspecified atom stereocenters. The van der Waals surface area contributed by atoms with Crippen LogP contribution in [0.4, 0.5) is 0 Å². The normalized spacial score (nSPS) is 20.3. The molecule has 1 aromatic carbocycles. The SMILES string of the molecule is CCCCCCCC1C(=O)N(NC(C)=O)C1Sc1ccccc1. The molecule has 0 bridgehead atoms. The Morgan fingerprint density at radius 3 is 2.52 bits per heavy atom. The lowest BCUT2D eigenvalue weighted by Gasteiger charge is -2.46. The highest BCUT2D eigenvalue weighted by Crippen LogP contribution is 2.40. The van der Waals surface area contributed by atoms with Gasteiger partial charge in [-0.25, -0.2) is 5.01 Å². The topological polar surface area (TPSA) is 49.4 Å². The van der Waals surface area contributed by atoms with Crippen LogP contribution >= 0.6 is 11.8 Å². The molecule has 1 fully saturated rings. The summed E-state index contributed by atoms with van der Waals surface area (Å²) in [6, 6.07) is 10.0. The van der Waals surface area contributed by atoms with Crippen molar-refractivity contribution in [2.24, 2.45) is 5.92 Å². The molecular formula is C18H26N2O2S. The molecule has 0 radical (unpaired) electrons. The number of rotatable bonds is 9. The average Bonchev–Trinajstić information content (AvgIpc) is 2.55. The molecule has 0 aliphatic carbocycles. The number of unbranched alkanes of at least 4 members (excludes halogenated alkanes) is 4. The van der Waals surface area contributed by atoms with E-state index in [0.29, 0.717) is 0 Å². The van der Waals surface area contributed by atoms with E-state index in [0.717, 1.165) is 17.7 Å². The number of β-lactam (4-membered cyclic amide) rings is 1. The number of hydrazine groups is 1. The number of nitrogens with one attached hydrogen (secondary N) is 1. The third kappa shape index (κ3) is 4.99. The van der Waals surface area contributed by atoms with Gasteiger partial charge in [-0.15, -0.1) is 0 Å². The number of hydrogen-bond acceptors (Lipinski definition) is 3. The number of benzene rings is 1. The quantitative estimate of drug-likeness (QED) is 0.549. The van der Waals surface area contributed by atoms with Crippen LogP contribution in [-0.2, 0) is 9.59 Å². The first kappa shape index (κ1) is 17.9. The van der Waals surface area contributed by atoms with E-state index in [-0.39, 0.29) is 23.1 Å². The van der Waals surface area contributed by atoms with E-state index >= 15 is 0 Å². The van der Waals surface area contributed by atoms with E-state index < -0.39 is 0 Å². The molecule has 1 aliphatic heterocycles. The second-order valence-electron chi connectivity index (χ2n) is 6.01. The summed E-state index contributed by atoms with van der Waals surface area (Å²) in [5, 5.41) is 1.50. The first-order valence-corrected chi connectivity index (χ1v) is 9.33. The predicted molar refractivity (Wildman–Crippen MR) is 93.6 cm³/mol. The Labute approximate surface area is 143 Å². The molecule has 0 spiro atoms. The Morgan fingerprint density at radius 1 is 1.17 bits per heavy atom. The molecule has 5 heteroatoms. The zero-order chi connectivity index (χ0) is 16.7. The van der Waals surface area contributed by atoms with Crippen molar-refractivity contribution in [3.05, 3.63) is 30.3 Å². The summed E-state index contributed by atoms with van der Waals surface area (Å²) in [6.45, 7) is 3.64. The van der Waals surface area contributed by atoms with Crippen LogP contribution in [0.5, 0.6) is 0 Å². The molecule has 2 amide bonds. The molecule has 1 heterocycles. The molecule has 2 atom stereocenters. The van der Waals surface area contributed by atoms with E-state index in [1.165, 1.54) is 37.6 Å². The smallest absolute Gasteiger partial charge is 0.248 e. The van der Waals surface area contributed by atoms with Gasteiger partial charge in [0.25, 0.3) is 0 Å². The summed E-state index contributed by atoms with van der Waals surface area (Å²) in [5.41, 5.74) is 2.66. The minimum atomic E-state index is -0.196. The Kier molecular flexibility index (Phi) is 6.96. The van der Waals surface area contributed by atoms with Crippen molar-refractivity contribution in [2.75, 3.05) is 0 Å². The minimum absolute atomic E-state index is 0.0000230. The zero-order valence-electron chi connectivity index (χ0n) is 14.0. The third-order valence-electron chi connectivity index (χ3n) is 4.05. The van der Waals surface area contributed by atoms with Gasteiger partial charge in [-0.1, -0.05) is 69.0 Å². The fraction of sp³-hybridized carbons (Fsp3) is 0.556. The van der Waals surface area contributed by atoms with Crippen molar-refractivity contribution in [3.63, 3.8) is 0 Å². The lowest BCUT2D eigenvalue weighted by molar-refractivity contribution is -0.160. The van der Waals surface area contributed by atoms with Crippen molar-refractivity contribution in [3.8, 4) is 0 Å². The molecular weight excluding hydrogens is 308 g/mol. The van der Waals surface area contributed by atoms with Gasteiger partial charge in [0.15, 0.2) is 0 Å². The molecule has 126 valence electrons. The van der Waals surface area contributed by atoms with Crippen LogP contribution in [0.3, 0.4) is 0 Å². The van der Waals surface area contributed by atoms with Gasteiger partial charge in [-0.05, 0) is 18.6 Å². The second kappa shape index (κ2) is 8.96. The highest BCUT2D eigenvalue weighted by atomic mass is 32.2. The van der Waals surface area contributed by atoms with E-state index in [1.54, 1.807) is 11.8 Å². The number of carbonyl (C=O) groups excluding carboxylic acids is 2. The van der Waals surface area contributed by atoms with Crippen LogP contribution in [0.15, 0.2) is 35.2 Å². The fourth-order valence-electron chi connectivity index (χ4n) is 2.82. The Balaban J connectivity index is 1.92. The van der Waals surface area contributed by atoms with E-state index in [4.69, 9.17) is 0 Å². The van der Waals surface area contributed by atoms with Crippen LogP contribution in [0.25, 0.3) is 0 Å². The average molecular weight is 334 g/mol. The maximum absolute atomic E-state index is 12.3. The van der Waals surface area contributed by atoms with Gasteiger partial charge in [0, 0.05) is 11.8 Å². The summed E-state index contributed by atoms with van der Waals surface area (Å²) in [4.78, 5) is 24.8. The second-order valence-corrected chi connectivity index (χ2v) is 7.20. The monoisotopic (exact) mass is 334 g/mol. The van der Waals surface area contributed by atoms with Crippen LogP contribution in [0, 0.1) is 5.92 Å². The van der Waals surface area contributed by atoms with Crippen LogP contribution < -0.4 is 5.43 Å². The summed E-state index contributed by atoms with van der Waals surface area (Å²) in [7, 11) is 0. The van der Waals surface area contributed by atoms with Crippen molar-refractivity contribution in [2.45, 2.75) is 62.6 Å². The number of hydrogen-bond donors (Lipinski definition) is 1. The van der Waals surface area contributed by atoms with E-state index in [9.17, 15) is 9.59 Å². The maximum Gasteiger partial charge on any atom is 0.248 e. The zero-order valence-corrected chi connectivity index (χ0v) is 14.8. The number of nitrogens with zero attached hydrogens (tertiary/aromatic N) is 1. The van der Waals surface area contributed by atoms with Crippen LogP contribution in [-0.4, -0.2) is 22.2 Å². The Bertz CT molecular complexity index is 521. The maximum atomic E-state index is 12.3. The highest BCUT2D eigenvalue weighted by molar-refractivity contribution is 8.00. The first-order chi connectivity index (χ1) is 11.1. The van der Waals surface area contributed by atoms with Crippen molar-refractivity contribution in [1.29, 1.82) is 0 Å². The van der Waals surface area contributed by atoms with E-state index in [1.807, 2.05) is 30.3 Å². The molecule has 1 aromatic rings. The molecule has 0 aromatic heterocycles.